The molecule has 16 N–H and O–H groups in total. The quantitative estimate of drug-likeness (QED) is 0.0817. The predicted octanol–water partition coefficient (Wildman–Crippen LogP) is -3.27. The molecular formula is C17H37N9O6. The summed E-state index contributed by atoms with van der Waals surface area (Å²) >= 11 is 0. The van der Waals surface area contributed by atoms with Crippen LogP contribution in [0.1, 0.15) is 38.5 Å². The highest BCUT2D eigenvalue weighted by molar-refractivity contribution is 5.76. The number of hydrogen-bond donors (Lipinski definition) is 10. The zero-order valence-corrected chi connectivity index (χ0v) is 18.0. The van der Waals surface area contributed by atoms with Crippen LogP contribution in [-0.2, 0) is 14.4 Å². The van der Waals surface area contributed by atoms with E-state index in [2.05, 4.69) is 15.3 Å². The Hall–Kier alpha value is -3.17. The van der Waals surface area contributed by atoms with Gasteiger partial charge >= 0.3 is 17.9 Å². The van der Waals surface area contributed by atoms with Crippen molar-refractivity contribution in [3.05, 3.63) is 0 Å². The fourth-order valence-electron chi connectivity index (χ4n) is 2.18. The van der Waals surface area contributed by atoms with Crippen LogP contribution in [0.5, 0.6) is 0 Å². The smallest absolute Gasteiger partial charge is 0.320 e. The molecule has 0 aromatic rings. The van der Waals surface area contributed by atoms with Gasteiger partial charge in [-0.25, -0.2) is 0 Å². The first-order chi connectivity index (χ1) is 14.9. The molecule has 1 rings (SSSR count). The maximum Gasteiger partial charge on any atom is 0.320 e. The number of carboxylic acid groups (broad SMARTS) is 3. The van der Waals surface area contributed by atoms with Crippen molar-refractivity contribution < 1.29 is 29.7 Å². The van der Waals surface area contributed by atoms with Crippen LogP contribution in [0.4, 0.5) is 0 Å². The van der Waals surface area contributed by atoms with Crippen LogP contribution in [0.15, 0.2) is 9.98 Å². The molecule has 1 fully saturated rings. The number of nitrogens with two attached hydrogens (primary N) is 6. The number of nitrogens with zero attached hydrogens (tertiary/aromatic N) is 2. The van der Waals surface area contributed by atoms with E-state index in [-0.39, 0.29) is 18.0 Å². The molecule has 186 valence electrons. The van der Waals surface area contributed by atoms with Crippen LogP contribution in [0, 0.1) is 0 Å². The maximum absolute atomic E-state index is 10.2. The Morgan fingerprint density at radius 1 is 0.844 bits per heavy atom. The monoisotopic (exact) mass is 463 g/mol. The highest BCUT2D eigenvalue weighted by Crippen LogP contribution is 2.03. The minimum absolute atomic E-state index is 0.0129. The molecule has 3 atom stereocenters. The summed E-state index contributed by atoms with van der Waals surface area (Å²) in [5, 5.41) is 28.0. The summed E-state index contributed by atoms with van der Waals surface area (Å²) in [7, 11) is 0. The first-order valence-corrected chi connectivity index (χ1v) is 9.92. The first-order valence-electron chi connectivity index (χ1n) is 9.92. The molecule has 1 saturated heterocycles. The Balaban J connectivity index is 0. The molecule has 1 aliphatic rings. The number of carbonyl (C=O) groups is 3. The zero-order chi connectivity index (χ0) is 25.1. The van der Waals surface area contributed by atoms with Crippen LogP contribution in [0.2, 0.25) is 0 Å². The van der Waals surface area contributed by atoms with E-state index in [9.17, 15) is 14.4 Å². The Bertz CT molecular complexity index is 576. The second-order valence-electron chi connectivity index (χ2n) is 6.77. The summed E-state index contributed by atoms with van der Waals surface area (Å²) < 4.78 is 0. The highest BCUT2D eigenvalue weighted by Gasteiger charge is 2.20. The zero-order valence-electron chi connectivity index (χ0n) is 18.0. The van der Waals surface area contributed by atoms with Crippen molar-refractivity contribution in [3.8, 4) is 0 Å². The Morgan fingerprint density at radius 3 is 1.47 bits per heavy atom. The van der Waals surface area contributed by atoms with E-state index in [0.717, 1.165) is 19.4 Å². The van der Waals surface area contributed by atoms with Gasteiger partial charge in [-0.15, -0.1) is 0 Å². The summed E-state index contributed by atoms with van der Waals surface area (Å²) in [4.78, 5) is 37.9. The summed E-state index contributed by atoms with van der Waals surface area (Å²) in [5.41, 5.74) is 30.6. The predicted molar refractivity (Wildman–Crippen MR) is 120 cm³/mol. The van der Waals surface area contributed by atoms with Crippen molar-refractivity contribution in [1.29, 1.82) is 0 Å². The normalized spacial score (nSPS) is 16.1. The molecule has 0 saturated carbocycles. The van der Waals surface area contributed by atoms with Crippen LogP contribution in [0.25, 0.3) is 0 Å². The standard InChI is InChI=1S/2C6H14N4O2.C5H9NO2/c2*7-4(5(11)12)2-1-3-10-6(8)9;7-5(8)4-2-1-3-6-4/h2*4H,1-3,7H2,(H,11,12)(H4,8,9,10);4,6H,1-3H2,(H,7,8)/t3*4-/m000/s1. The summed E-state index contributed by atoms with van der Waals surface area (Å²) in [6.07, 6.45) is 3.70. The van der Waals surface area contributed by atoms with Gasteiger partial charge in [-0.3, -0.25) is 24.4 Å². The molecule has 15 heteroatoms. The molecule has 15 nitrogen and oxygen atoms in total. The molecule has 0 aromatic heterocycles. The summed E-state index contributed by atoms with van der Waals surface area (Å²) in [5.74, 6) is -2.69. The van der Waals surface area contributed by atoms with E-state index < -0.39 is 30.0 Å². The lowest BCUT2D eigenvalue weighted by atomic mass is 10.2. The molecule has 0 spiro atoms. The third-order valence-corrected chi connectivity index (χ3v) is 3.93. The third-order valence-electron chi connectivity index (χ3n) is 3.93. The molecule has 1 aliphatic heterocycles. The lowest BCUT2D eigenvalue weighted by Crippen LogP contribution is -2.30. The minimum atomic E-state index is -1.00. The van der Waals surface area contributed by atoms with Crippen LogP contribution >= 0.6 is 0 Å². The summed E-state index contributed by atoms with van der Waals surface area (Å²) in [6, 6.07) is -1.91. The Labute approximate surface area is 186 Å². The SMILES string of the molecule is NC(N)=NCCC[C@H](N)C(=O)O.NC(N)=NCCC[C@H](N)C(=O)O.O=C(O)[C@@H]1CCCN1. The topological polar surface area (TPSA) is 305 Å². The molecule has 0 amide bonds. The fraction of sp³-hybridized carbons (Fsp3) is 0.706. The van der Waals surface area contributed by atoms with E-state index in [0.29, 0.717) is 38.8 Å². The van der Waals surface area contributed by atoms with Gasteiger partial charge in [0.15, 0.2) is 11.9 Å². The van der Waals surface area contributed by atoms with Gasteiger partial charge in [0.1, 0.15) is 18.1 Å². The van der Waals surface area contributed by atoms with Crippen molar-refractivity contribution in [1.82, 2.24) is 5.32 Å². The van der Waals surface area contributed by atoms with Gasteiger partial charge in [0.2, 0.25) is 0 Å². The number of carboxylic acids is 3. The van der Waals surface area contributed by atoms with Crippen molar-refractivity contribution in [3.63, 3.8) is 0 Å². The van der Waals surface area contributed by atoms with Crippen molar-refractivity contribution in [2.45, 2.75) is 56.7 Å². The average Bonchev–Trinajstić information content (AvgIpc) is 3.24. The van der Waals surface area contributed by atoms with Crippen molar-refractivity contribution in [2.75, 3.05) is 19.6 Å². The van der Waals surface area contributed by atoms with Gasteiger partial charge in [-0.05, 0) is 45.1 Å². The molecule has 0 aromatic carbocycles. The number of guanidine groups is 2. The van der Waals surface area contributed by atoms with Crippen LogP contribution < -0.4 is 39.7 Å². The van der Waals surface area contributed by atoms with E-state index in [1.807, 2.05) is 0 Å². The van der Waals surface area contributed by atoms with E-state index in [1.165, 1.54) is 0 Å². The molecular weight excluding hydrogens is 426 g/mol. The largest absolute Gasteiger partial charge is 0.480 e. The lowest BCUT2D eigenvalue weighted by Gasteiger charge is -2.03. The second kappa shape index (κ2) is 18.6. The number of aliphatic imine (C=N–C) groups is 2. The van der Waals surface area contributed by atoms with Crippen molar-refractivity contribution >= 4 is 29.8 Å². The average molecular weight is 464 g/mol. The molecule has 0 unspecified atom stereocenters. The second-order valence-corrected chi connectivity index (χ2v) is 6.77. The fourth-order valence-corrected chi connectivity index (χ4v) is 2.18. The number of rotatable bonds is 11. The molecule has 0 radical (unpaired) electrons. The van der Waals surface area contributed by atoms with Crippen LogP contribution in [-0.4, -0.2) is 82.9 Å². The molecule has 0 aliphatic carbocycles. The number of aliphatic carboxylic acids is 3. The summed E-state index contributed by atoms with van der Waals surface area (Å²) in [6.45, 7) is 1.70. The minimum Gasteiger partial charge on any atom is -0.480 e. The van der Waals surface area contributed by atoms with Crippen LogP contribution in [0.3, 0.4) is 0 Å². The molecule has 1 heterocycles. The molecule has 0 bridgehead atoms. The third kappa shape index (κ3) is 20.1. The molecule has 32 heavy (non-hydrogen) atoms. The van der Waals surface area contributed by atoms with Gasteiger partial charge in [-0.2, -0.15) is 0 Å². The van der Waals surface area contributed by atoms with E-state index in [1.54, 1.807) is 0 Å². The number of nitrogens with one attached hydrogen (secondary N) is 1. The number of hydrogen-bond acceptors (Lipinski definition) is 8. The van der Waals surface area contributed by atoms with Gasteiger partial charge < -0.3 is 55.0 Å². The van der Waals surface area contributed by atoms with Gasteiger partial charge in [0.25, 0.3) is 0 Å². The maximum atomic E-state index is 10.2. The van der Waals surface area contributed by atoms with E-state index >= 15 is 0 Å². The van der Waals surface area contributed by atoms with Crippen molar-refractivity contribution in [2.24, 2.45) is 44.4 Å². The Kier molecular flexibility index (Phi) is 18.0. The van der Waals surface area contributed by atoms with Gasteiger partial charge in [0.05, 0.1) is 0 Å². The highest BCUT2D eigenvalue weighted by atomic mass is 16.4. The first kappa shape index (κ1) is 31.0. The van der Waals surface area contributed by atoms with E-state index in [4.69, 9.17) is 49.7 Å². The van der Waals surface area contributed by atoms with Gasteiger partial charge in [0, 0.05) is 13.1 Å². The lowest BCUT2D eigenvalue weighted by molar-refractivity contribution is -0.139. The van der Waals surface area contributed by atoms with Gasteiger partial charge in [-0.1, -0.05) is 0 Å². The Morgan fingerprint density at radius 2 is 1.25 bits per heavy atom.